The summed E-state index contributed by atoms with van der Waals surface area (Å²) in [5.74, 6) is 0.495. The van der Waals surface area contributed by atoms with Crippen molar-refractivity contribution in [3.05, 3.63) is 74.8 Å². The predicted molar refractivity (Wildman–Crippen MR) is 118 cm³/mol. The van der Waals surface area contributed by atoms with Crippen LogP contribution in [0.1, 0.15) is 12.5 Å². The van der Waals surface area contributed by atoms with Crippen LogP contribution in [0.3, 0.4) is 0 Å². The monoisotopic (exact) mass is 457 g/mol. The van der Waals surface area contributed by atoms with Crippen LogP contribution in [0, 0.1) is 0 Å². The maximum absolute atomic E-state index is 9.77. The molecule has 7 heteroatoms. The van der Waals surface area contributed by atoms with Crippen LogP contribution in [0.15, 0.2) is 74.6 Å². The average molecular weight is 458 g/mol. The molecule has 1 heterocycles. The van der Waals surface area contributed by atoms with E-state index in [-0.39, 0.29) is 5.75 Å². The number of phenolic OH excluding ortho intramolecular Hbond substituents is 1. The van der Waals surface area contributed by atoms with E-state index < -0.39 is 0 Å². The molecule has 3 aromatic rings. The lowest BCUT2D eigenvalue weighted by Crippen LogP contribution is -2.13. The summed E-state index contributed by atoms with van der Waals surface area (Å²) in [7, 11) is 1.52. The second-order valence-corrected chi connectivity index (χ2v) is 7.92. The van der Waals surface area contributed by atoms with Gasteiger partial charge >= 0.3 is 0 Å². The zero-order chi connectivity index (χ0) is 20.1. The summed E-state index contributed by atoms with van der Waals surface area (Å²) in [4.78, 5) is 5.40. The maximum atomic E-state index is 9.77. The lowest BCUT2D eigenvalue weighted by molar-refractivity contribution is 0.373. The zero-order valence-corrected chi connectivity index (χ0v) is 18.0. The Morgan fingerprint density at radius 1 is 1.29 bits per heavy atom. The predicted octanol–water partition coefficient (Wildman–Crippen LogP) is 5.05. The number of hydrogen-bond acceptors (Lipinski definition) is 5. The van der Waals surface area contributed by atoms with Gasteiger partial charge in [0.1, 0.15) is 0 Å². The molecule has 1 N–H and O–H groups in total. The van der Waals surface area contributed by atoms with Crippen LogP contribution in [0.4, 0.5) is 0 Å². The fraction of sp³-hybridized carbons (Fsp3) is 0.143. The van der Waals surface area contributed by atoms with Gasteiger partial charge in [-0.05, 0) is 42.8 Å². The van der Waals surface area contributed by atoms with Gasteiger partial charge in [0.25, 0.3) is 0 Å². The van der Waals surface area contributed by atoms with Crippen LogP contribution in [0.2, 0.25) is 0 Å². The van der Waals surface area contributed by atoms with Gasteiger partial charge in [-0.15, -0.1) is 11.3 Å². The average Bonchev–Trinajstić information content (AvgIpc) is 3.09. The van der Waals surface area contributed by atoms with E-state index in [4.69, 9.17) is 4.74 Å². The van der Waals surface area contributed by atoms with Crippen molar-refractivity contribution < 1.29 is 9.84 Å². The van der Waals surface area contributed by atoms with Gasteiger partial charge in [0.15, 0.2) is 11.5 Å². The van der Waals surface area contributed by atoms with E-state index >= 15 is 0 Å². The molecule has 1 aromatic heterocycles. The van der Waals surface area contributed by atoms with Crippen LogP contribution >= 0.6 is 27.3 Å². The second kappa shape index (κ2) is 9.03. The Labute approximate surface area is 176 Å². The number of benzene rings is 2. The normalized spacial score (nSPS) is 11.9. The van der Waals surface area contributed by atoms with Gasteiger partial charge in [0.2, 0.25) is 4.80 Å². The van der Waals surface area contributed by atoms with Gasteiger partial charge in [-0.2, -0.15) is 5.10 Å². The first-order valence-electron chi connectivity index (χ1n) is 8.50. The third-order valence-electron chi connectivity index (χ3n) is 3.84. The molecule has 144 valence electrons. The topological polar surface area (TPSA) is 59.1 Å². The molecule has 0 aliphatic carbocycles. The van der Waals surface area contributed by atoms with E-state index in [0.29, 0.717) is 12.3 Å². The minimum absolute atomic E-state index is 0.0931. The highest BCUT2D eigenvalue weighted by atomic mass is 79.9. The first-order chi connectivity index (χ1) is 13.5. The van der Waals surface area contributed by atoms with Crippen molar-refractivity contribution in [3.8, 4) is 22.8 Å². The number of rotatable bonds is 6. The van der Waals surface area contributed by atoms with Gasteiger partial charge in [-0.25, -0.2) is 4.68 Å². The van der Waals surface area contributed by atoms with E-state index in [1.807, 2.05) is 41.2 Å². The van der Waals surface area contributed by atoms with E-state index in [1.54, 1.807) is 24.4 Å². The van der Waals surface area contributed by atoms with Crippen molar-refractivity contribution in [1.82, 2.24) is 4.68 Å². The largest absolute Gasteiger partial charge is 0.504 e. The molecule has 28 heavy (non-hydrogen) atoms. The molecular weight excluding hydrogens is 438 g/mol. The fourth-order valence-electron chi connectivity index (χ4n) is 2.44. The molecule has 0 unspecified atom stereocenters. The number of aromatic hydroxyl groups is 1. The highest BCUT2D eigenvalue weighted by molar-refractivity contribution is 9.10. The van der Waals surface area contributed by atoms with Crippen molar-refractivity contribution in [3.63, 3.8) is 0 Å². The Hall–Kier alpha value is -2.64. The first kappa shape index (κ1) is 20.1. The SMILES string of the molecule is C=C(C)CN=c1scc(-c2ccc(Br)cc2)n1N=Cc1ccc(O)c(OC)c1. The number of ether oxygens (including phenoxy) is 1. The second-order valence-electron chi connectivity index (χ2n) is 6.17. The standard InChI is InChI=1S/C21H20BrN3O2S/c1-14(2)11-23-21-25(18(13-28-21)16-5-7-17(22)8-6-16)24-12-15-4-9-19(26)20(10-15)27-3/h4-10,12-13,26H,1,11H2,2-3H3. The van der Waals surface area contributed by atoms with Crippen molar-refractivity contribution in [2.45, 2.75) is 6.92 Å². The molecule has 2 aromatic carbocycles. The van der Waals surface area contributed by atoms with E-state index in [9.17, 15) is 5.11 Å². The first-order valence-corrected chi connectivity index (χ1v) is 10.2. The molecule has 0 saturated heterocycles. The zero-order valence-electron chi connectivity index (χ0n) is 15.6. The molecule has 0 spiro atoms. The van der Waals surface area contributed by atoms with Crippen LogP contribution in [0.25, 0.3) is 11.3 Å². The Morgan fingerprint density at radius 3 is 2.71 bits per heavy atom. The molecule has 0 radical (unpaired) electrons. The number of halogens is 1. The van der Waals surface area contributed by atoms with E-state index in [2.05, 4.69) is 32.6 Å². The molecular formula is C21H20BrN3O2S. The molecule has 0 aliphatic heterocycles. The number of hydrogen-bond donors (Lipinski definition) is 1. The molecule has 0 saturated carbocycles. The van der Waals surface area contributed by atoms with Gasteiger partial charge in [0, 0.05) is 15.4 Å². The summed E-state index contributed by atoms with van der Waals surface area (Å²) in [6, 6.07) is 13.1. The number of thiazole rings is 1. The van der Waals surface area contributed by atoms with Crippen LogP contribution in [0.5, 0.6) is 11.5 Å². The molecule has 5 nitrogen and oxygen atoms in total. The maximum Gasteiger partial charge on any atom is 0.206 e. The van der Waals surface area contributed by atoms with E-state index in [1.165, 1.54) is 18.4 Å². The van der Waals surface area contributed by atoms with E-state index in [0.717, 1.165) is 31.7 Å². The van der Waals surface area contributed by atoms with Crippen LogP contribution in [-0.4, -0.2) is 29.7 Å². The van der Waals surface area contributed by atoms with Crippen molar-refractivity contribution in [2.75, 3.05) is 13.7 Å². The quantitative estimate of drug-likeness (QED) is 0.415. The lowest BCUT2D eigenvalue weighted by Gasteiger charge is -2.05. The van der Waals surface area contributed by atoms with Gasteiger partial charge in [-0.3, -0.25) is 4.99 Å². The fourth-order valence-corrected chi connectivity index (χ4v) is 3.54. The lowest BCUT2D eigenvalue weighted by atomic mass is 10.2. The Kier molecular flexibility index (Phi) is 6.49. The molecule has 0 aliphatic rings. The van der Waals surface area contributed by atoms with Gasteiger partial charge < -0.3 is 9.84 Å². The Morgan fingerprint density at radius 2 is 2.04 bits per heavy atom. The minimum atomic E-state index is 0.0931. The Balaban J connectivity index is 2.06. The number of methoxy groups -OCH3 is 1. The summed E-state index contributed by atoms with van der Waals surface area (Å²) in [6.45, 7) is 6.41. The third-order valence-corrected chi connectivity index (χ3v) is 5.22. The molecule has 0 atom stereocenters. The van der Waals surface area contributed by atoms with Gasteiger partial charge in [0.05, 0.1) is 25.6 Å². The number of phenols is 1. The third kappa shape index (κ3) is 4.79. The van der Waals surface area contributed by atoms with Crippen LogP contribution < -0.4 is 9.54 Å². The van der Waals surface area contributed by atoms with Crippen molar-refractivity contribution in [2.24, 2.45) is 10.1 Å². The van der Waals surface area contributed by atoms with Crippen molar-refractivity contribution in [1.29, 1.82) is 0 Å². The summed E-state index contributed by atoms with van der Waals surface area (Å²) in [5.41, 5.74) is 3.77. The van der Waals surface area contributed by atoms with Crippen LogP contribution in [-0.2, 0) is 0 Å². The number of nitrogens with zero attached hydrogens (tertiary/aromatic N) is 3. The molecule has 0 amide bonds. The Bertz CT molecular complexity index is 1080. The summed E-state index contributed by atoms with van der Waals surface area (Å²) < 4.78 is 8.00. The summed E-state index contributed by atoms with van der Waals surface area (Å²) in [6.07, 6.45) is 1.72. The summed E-state index contributed by atoms with van der Waals surface area (Å²) >= 11 is 5.00. The molecule has 3 rings (SSSR count). The number of aromatic nitrogens is 1. The highest BCUT2D eigenvalue weighted by Gasteiger charge is 2.08. The van der Waals surface area contributed by atoms with Crippen molar-refractivity contribution >= 4 is 33.5 Å². The van der Waals surface area contributed by atoms with Gasteiger partial charge in [-0.1, -0.05) is 40.2 Å². The minimum Gasteiger partial charge on any atom is -0.504 e. The summed E-state index contributed by atoms with van der Waals surface area (Å²) in [5, 5.41) is 16.5. The molecule has 0 fully saturated rings. The highest BCUT2D eigenvalue weighted by Crippen LogP contribution is 2.26. The smallest absolute Gasteiger partial charge is 0.206 e. The molecule has 0 bridgehead atoms.